The number of nitrogens with one attached hydrogen (secondary N) is 1. The zero-order chi connectivity index (χ0) is 19.2. The molecule has 4 heteroatoms. The molecule has 1 unspecified atom stereocenters. The number of aromatic nitrogens is 1. The van der Waals surface area contributed by atoms with E-state index in [9.17, 15) is 4.79 Å². The molecule has 2 heterocycles. The molecule has 0 aliphatic carbocycles. The fraction of sp³-hybridized carbons (Fsp3) is 0.478. The van der Waals surface area contributed by atoms with Gasteiger partial charge in [0.1, 0.15) is 0 Å². The quantitative estimate of drug-likeness (QED) is 0.841. The average molecular weight is 366 g/mol. The van der Waals surface area contributed by atoms with Crippen LogP contribution in [0.15, 0.2) is 42.7 Å². The van der Waals surface area contributed by atoms with E-state index in [1.807, 2.05) is 18.3 Å². The number of aryl methyl sites for hydroxylation is 2. The second-order valence-corrected chi connectivity index (χ2v) is 7.71. The molecular weight excluding hydrogens is 334 g/mol. The van der Waals surface area contributed by atoms with Crippen LogP contribution in [0, 0.1) is 19.8 Å². The van der Waals surface area contributed by atoms with Crippen LogP contribution in [0.4, 0.5) is 0 Å². The summed E-state index contributed by atoms with van der Waals surface area (Å²) in [6.07, 6.45) is 6.45. The molecule has 2 aromatic rings. The Morgan fingerprint density at radius 1 is 1.19 bits per heavy atom. The number of rotatable bonds is 6. The normalized spacial score (nSPS) is 16.9. The molecule has 0 spiro atoms. The Hall–Kier alpha value is -2.20. The van der Waals surface area contributed by atoms with Crippen molar-refractivity contribution in [3.05, 3.63) is 65.0 Å². The summed E-state index contributed by atoms with van der Waals surface area (Å²) >= 11 is 0. The van der Waals surface area contributed by atoms with Crippen LogP contribution in [0.5, 0.6) is 0 Å². The van der Waals surface area contributed by atoms with Gasteiger partial charge in [0.05, 0.1) is 6.04 Å². The van der Waals surface area contributed by atoms with Crippen LogP contribution in [-0.4, -0.2) is 35.4 Å². The number of nitrogens with zero attached hydrogens (tertiary/aromatic N) is 2. The maximum atomic E-state index is 12.8. The van der Waals surface area contributed by atoms with E-state index in [0.29, 0.717) is 12.3 Å². The second-order valence-electron chi connectivity index (χ2n) is 7.71. The Kier molecular flexibility index (Phi) is 6.62. The van der Waals surface area contributed by atoms with Crippen molar-refractivity contribution in [3.8, 4) is 0 Å². The first-order chi connectivity index (χ1) is 13.1. The number of hydrogen-bond donors (Lipinski definition) is 1. The lowest BCUT2D eigenvalue weighted by Gasteiger charge is -2.31. The third kappa shape index (κ3) is 5.16. The smallest absolute Gasteiger partial charge is 0.221 e. The number of likely N-dealkylation sites (tertiary alicyclic amines) is 1. The molecule has 144 valence electrons. The molecule has 1 aromatic carbocycles. The van der Waals surface area contributed by atoms with E-state index in [0.717, 1.165) is 43.6 Å². The monoisotopic (exact) mass is 365 g/mol. The first-order valence-electron chi connectivity index (χ1n) is 10.1. The molecule has 1 saturated heterocycles. The molecule has 1 aliphatic heterocycles. The molecule has 0 saturated carbocycles. The summed E-state index contributed by atoms with van der Waals surface area (Å²) in [7, 11) is 0. The summed E-state index contributed by atoms with van der Waals surface area (Å²) in [5, 5.41) is 3.28. The highest BCUT2D eigenvalue weighted by atomic mass is 16.1. The number of hydrogen-bond acceptors (Lipinski definition) is 3. The first kappa shape index (κ1) is 19.6. The van der Waals surface area contributed by atoms with Crippen molar-refractivity contribution in [1.82, 2.24) is 15.2 Å². The van der Waals surface area contributed by atoms with Crippen LogP contribution >= 0.6 is 0 Å². The molecule has 1 N–H and O–H groups in total. The van der Waals surface area contributed by atoms with E-state index in [4.69, 9.17) is 0 Å². The minimum atomic E-state index is -0.152. The van der Waals surface area contributed by atoms with Crippen molar-refractivity contribution in [3.63, 3.8) is 0 Å². The van der Waals surface area contributed by atoms with E-state index in [2.05, 4.69) is 54.2 Å². The van der Waals surface area contributed by atoms with Gasteiger partial charge >= 0.3 is 0 Å². The van der Waals surface area contributed by atoms with Gasteiger partial charge in [0.25, 0.3) is 0 Å². The van der Waals surface area contributed by atoms with E-state index in [1.165, 1.54) is 11.1 Å². The van der Waals surface area contributed by atoms with Crippen LogP contribution in [0.25, 0.3) is 0 Å². The molecule has 3 rings (SSSR count). The summed E-state index contributed by atoms with van der Waals surface area (Å²) in [6, 6.07) is 10.2. The predicted molar refractivity (Wildman–Crippen MR) is 110 cm³/mol. The Morgan fingerprint density at radius 2 is 1.96 bits per heavy atom. The second kappa shape index (κ2) is 9.14. The summed E-state index contributed by atoms with van der Waals surface area (Å²) < 4.78 is 0. The molecule has 1 amide bonds. The highest BCUT2D eigenvalue weighted by molar-refractivity contribution is 5.77. The number of carbonyl (C=O) groups excluding carboxylic acids is 1. The lowest BCUT2D eigenvalue weighted by molar-refractivity contribution is -0.122. The molecule has 0 bridgehead atoms. The minimum Gasteiger partial charge on any atom is -0.345 e. The molecule has 1 aromatic heterocycles. The highest BCUT2D eigenvalue weighted by Crippen LogP contribution is 2.25. The largest absolute Gasteiger partial charge is 0.345 e. The third-order valence-electron chi connectivity index (χ3n) is 5.82. The molecular formula is C23H31N3O. The van der Waals surface area contributed by atoms with E-state index >= 15 is 0 Å². The summed E-state index contributed by atoms with van der Waals surface area (Å²) in [6.45, 7) is 9.75. The predicted octanol–water partition coefficient (Wildman–Crippen LogP) is 4.03. The van der Waals surface area contributed by atoms with Crippen LogP contribution in [0.1, 0.15) is 54.5 Å². The molecule has 4 nitrogen and oxygen atoms in total. The number of carbonyl (C=O) groups is 1. The maximum absolute atomic E-state index is 12.8. The number of pyridine rings is 1. The molecule has 27 heavy (non-hydrogen) atoms. The number of piperidine rings is 1. The fourth-order valence-electron chi connectivity index (χ4n) is 3.84. The summed E-state index contributed by atoms with van der Waals surface area (Å²) in [5.41, 5.74) is 4.63. The van der Waals surface area contributed by atoms with Gasteiger partial charge < -0.3 is 10.2 Å². The van der Waals surface area contributed by atoms with E-state index in [-0.39, 0.29) is 11.9 Å². The number of amides is 1. The Bertz CT molecular complexity index is 751. The Morgan fingerprint density at radius 3 is 2.59 bits per heavy atom. The average Bonchev–Trinajstić information content (AvgIpc) is 2.69. The fourth-order valence-corrected chi connectivity index (χ4v) is 3.84. The SMILES string of the molecule is CCN1CCC(CC(=O)NC(c2cccnc2)c2ccc(C)c(C)c2)CC1. The minimum absolute atomic E-state index is 0.136. The summed E-state index contributed by atoms with van der Waals surface area (Å²) in [4.78, 5) is 19.5. The molecule has 1 atom stereocenters. The summed E-state index contributed by atoms with van der Waals surface area (Å²) in [5.74, 6) is 0.624. The molecule has 0 radical (unpaired) electrons. The van der Waals surface area contributed by atoms with Crippen LogP contribution in [0.2, 0.25) is 0 Å². The van der Waals surface area contributed by atoms with Crippen molar-refractivity contribution in [1.29, 1.82) is 0 Å². The van der Waals surface area contributed by atoms with Crippen LogP contribution in [-0.2, 0) is 4.79 Å². The molecule has 1 fully saturated rings. The zero-order valence-corrected chi connectivity index (χ0v) is 16.7. The van der Waals surface area contributed by atoms with Crippen molar-refractivity contribution in [2.45, 2.75) is 46.1 Å². The third-order valence-corrected chi connectivity index (χ3v) is 5.82. The first-order valence-corrected chi connectivity index (χ1v) is 10.1. The van der Waals surface area contributed by atoms with Gasteiger partial charge in [0.15, 0.2) is 0 Å². The number of benzene rings is 1. The standard InChI is InChI=1S/C23H31N3O/c1-4-26-12-9-19(10-13-26)15-22(27)25-23(21-6-5-11-24-16-21)20-8-7-17(2)18(3)14-20/h5-8,11,14,16,19,23H,4,9-10,12-13,15H2,1-3H3,(H,25,27). The Balaban J connectivity index is 1.72. The van der Waals surface area contributed by atoms with Gasteiger partial charge in [-0.2, -0.15) is 0 Å². The van der Waals surface area contributed by atoms with Gasteiger partial charge in [0, 0.05) is 18.8 Å². The van der Waals surface area contributed by atoms with Crippen molar-refractivity contribution < 1.29 is 4.79 Å². The Labute approximate surface area is 163 Å². The van der Waals surface area contributed by atoms with Gasteiger partial charge in [-0.15, -0.1) is 0 Å². The maximum Gasteiger partial charge on any atom is 0.221 e. The topological polar surface area (TPSA) is 45.2 Å². The van der Waals surface area contributed by atoms with Gasteiger partial charge in [-0.1, -0.05) is 31.2 Å². The van der Waals surface area contributed by atoms with Crippen LogP contribution < -0.4 is 5.32 Å². The van der Waals surface area contributed by atoms with Gasteiger partial charge in [-0.3, -0.25) is 9.78 Å². The zero-order valence-electron chi connectivity index (χ0n) is 16.7. The lowest BCUT2D eigenvalue weighted by Crippen LogP contribution is -2.36. The highest BCUT2D eigenvalue weighted by Gasteiger charge is 2.23. The van der Waals surface area contributed by atoms with Crippen LogP contribution in [0.3, 0.4) is 0 Å². The van der Waals surface area contributed by atoms with Crippen molar-refractivity contribution in [2.75, 3.05) is 19.6 Å². The van der Waals surface area contributed by atoms with Gasteiger partial charge in [-0.05, 0) is 80.6 Å². The van der Waals surface area contributed by atoms with Crippen molar-refractivity contribution in [2.24, 2.45) is 5.92 Å². The van der Waals surface area contributed by atoms with E-state index in [1.54, 1.807) is 6.20 Å². The lowest BCUT2D eigenvalue weighted by atomic mass is 9.92. The van der Waals surface area contributed by atoms with E-state index < -0.39 is 0 Å². The van der Waals surface area contributed by atoms with Crippen molar-refractivity contribution >= 4 is 5.91 Å². The van der Waals surface area contributed by atoms with Gasteiger partial charge in [-0.25, -0.2) is 0 Å². The molecule has 1 aliphatic rings. The van der Waals surface area contributed by atoms with Gasteiger partial charge in [0.2, 0.25) is 5.91 Å².